The summed E-state index contributed by atoms with van der Waals surface area (Å²) < 4.78 is 8.78. The fourth-order valence-electron chi connectivity index (χ4n) is 4.24. The topological polar surface area (TPSA) is 117 Å². The maximum absolute atomic E-state index is 12.1. The number of carbonyl (C=O) groups is 2. The van der Waals surface area contributed by atoms with Gasteiger partial charge in [0.1, 0.15) is 17.8 Å². The Bertz CT molecular complexity index is 1370. The SMILES string of the molecule is COC(=O)c1ccc2c(Cl)c(-c3c(CNC=O)n(C(C)C)c4ncnc(N)c34)n(C)c2c1. The molecule has 0 atom stereocenters. The van der Waals surface area contributed by atoms with Crippen molar-refractivity contribution in [2.24, 2.45) is 7.05 Å². The summed E-state index contributed by atoms with van der Waals surface area (Å²) in [7, 11) is 3.20. The second-order valence-corrected chi connectivity index (χ2v) is 8.06. The molecule has 0 spiro atoms. The molecule has 9 nitrogen and oxygen atoms in total. The zero-order chi connectivity index (χ0) is 23.2. The van der Waals surface area contributed by atoms with Crippen molar-refractivity contribution in [1.82, 2.24) is 24.4 Å². The predicted molar refractivity (Wildman–Crippen MR) is 123 cm³/mol. The predicted octanol–water partition coefficient (Wildman–Crippen LogP) is 3.44. The number of amides is 1. The van der Waals surface area contributed by atoms with Crippen LogP contribution in [0.25, 0.3) is 33.2 Å². The lowest BCUT2D eigenvalue weighted by atomic mass is 10.1. The molecule has 10 heteroatoms. The van der Waals surface area contributed by atoms with E-state index in [0.717, 1.165) is 22.2 Å². The molecule has 0 aliphatic heterocycles. The lowest BCUT2D eigenvalue weighted by Crippen LogP contribution is -2.16. The van der Waals surface area contributed by atoms with Crippen molar-refractivity contribution in [1.29, 1.82) is 0 Å². The molecule has 3 N–H and O–H groups in total. The molecule has 0 aliphatic carbocycles. The Balaban J connectivity index is 2.13. The average molecular weight is 455 g/mol. The molecule has 1 aromatic carbocycles. The molecule has 0 fully saturated rings. The Hall–Kier alpha value is -3.59. The minimum Gasteiger partial charge on any atom is -0.465 e. The van der Waals surface area contributed by atoms with Gasteiger partial charge < -0.3 is 24.9 Å². The monoisotopic (exact) mass is 454 g/mol. The van der Waals surface area contributed by atoms with E-state index < -0.39 is 5.97 Å². The Morgan fingerprint density at radius 2 is 2.09 bits per heavy atom. The van der Waals surface area contributed by atoms with Gasteiger partial charge in [-0.05, 0) is 26.0 Å². The minimum absolute atomic E-state index is 0.0309. The highest BCUT2D eigenvalue weighted by molar-refractivity contribution is 6.39. The van der Waals surface area contributed by atoms with Gasteiger partial charge in [0.25, 0.3) is 0 Å². The highest BCUT2D eigenvalue weighted by Gasteiger charge is 2.28. The van der Waals surface area contributed by atoms with Gasteiger partial charge in [0, 0.05) is 29.7 Å². The molecule has 3 heterocycles. The summed E-state index contributed by atoms with van der Waals surface area (Å²) in [5, 5.41) is 4.68. The number of aryl methyl sites for hydroxylation is 1. The van der Waals surface area contributed by atoms with E-state index in [4.69, 9.17) is 22.1 Å². The average Bonchev–Trinajstić information content (AvgIpc) is 3.23. The lowest BCUT2D eigenvalue weighted by Gasteiger charge is -2.15. The van der Waals surface area contributed by atoms with E-state index >= 15 is 0 Å². The standard InChI is InChI=1S/C22H23ClN6O3/c1-11(2)29-15(8-25-10-30)16(17-20(24)26-9-27-21(17)29)19-18(23)13-6-5-12(22(31)32-4)7-14(13)28(19)3/h5-7,9-11H,8H2,1-4H3,(H,25,30)(H2,24,26,27). The lowest BCUT2D eigenvalue weighted by molar-refractivity contribution is -0.109. The number of esters is 1. The summed E-state index contributed by atoms with van der Waals surface area (Å²) in [4.78, 5) is 31.9. The van der Waals surface area contributed by atoms with E-state index in [0.29, 0.717) is 39.5 Å². The van der Waals surface area contributed by atoms with Gasteiger partial charge in [0.15, 0.2) is 0 Å². The van der Waals surface area contributed by atoms with Crippen molar-refractivity contribution in [2.45, 2.75) is 26.4 Å². The number of benzene rings is 1. The Morgan fingerprint density at radius 1 is 1.34 bits per heavy atom. The molecule has 166 valence electrons. The molecule has 0 saturated heterocycles. The number of nitrogens with two attached hydrogens (primary N) is 1. The summed E-state index contributed by atoms with van der Waals surface area (Å²) in [5.74, 6) is -0.121. The van der Waals surface area contributed by atoms with Crippen molar-refractivity contribution in [3.8, 4) is 11.3 Å². The van der Waals surface area contributed by atoms with E-state index in [-0.39, 0.29) is 12.6 Å². The number of nitrogens with one attached hydrogen (secondary N) is 1. The summed E-state index contributed by atoms with van der Waals surface area (Å²) in [6, 6.07) is 5.23. The van der Waals surface area contributed by atoms with E-state index in [2.05, 4.69) is 15.3 Å². The van der Waals surface area contributed by atoms with E-state index in [1.165, 1.54) is 13.4 Å². The van der Waals surface area contributed by atoms with Crippen LogP contribution in [0.4, 0.5) is 5.82 Å². The van der Waals surface area contributed by atoms with Gasteiger partial charge in [0.05, 0.1) is 40.8 Å². The fraction of sp³-hybridized carbons (Fsp3) is 0.273. The van der Waals surface area contributed by atoms with Gasteiger partial charge in [-0.25, -0.2) is 14.8 Å². The van der Waals surface area contributed by atoms with Crippen LogP contribution in [0.15, 0.2) is 24.5 Å². The number of nitrogens with zero attached hydrogens (tertiary/aromatic N) is 4. The van der Waals surface area contributed by atoms with Crippen molar-refractivity contribution in [3.05, 3.63) is 40.8 Å². The van der Waals surface area contributed by atoms with E-state index in [1.54, 1.807) is 18.2 Å². The van der Waals surface area contributed by atoms with Crippen LogP contribution < -0.4 is 11.1 Å². The van der Waals surface area contributed by atoms with Crippen molar-refractivity contribution in [2.75, 3.05) is 12.8 Å². The number of nitrogen functional groups attached to an aromatic ring is 1. The number of anilines is 1. The van der Waals surface area contributed by atoms with E-state index in [9.17, 15) is 9.59 Å². The summed E-state index contributed by atoms with van der Waals surface area (Å²) in [6.07, 6.45) is 2.07. The molecule has 0 bridgehead atoms. The summed E-state index contributed by atoms with van der Waals surface area (Å²) >= 11 is 6.89. The summed E-state index contributed by atoms with van der Waals surface area (Å²) in [5.41, 5.74) is 10.4. The Kier molecular flexibility index (Phi) is 5.52. The number of hydrogen-bond acceptors (Lipinski definition) is 6. The van der Waals surface area contributed by atoms with Crippen molar-refractivity contribution < 1.29 is 14.3 Å². The van der Waals surface area contributed by atoms with Crippen LogP contribution >= 0.6 is 11.6 Å². The van der Waals surface area contributed by atoms with Crippen molar-refractivity contribution >= 4 is 51.7 Å². The molecule has 0 radical (unpaired) electrons. The normalized spacial score (nSPS) is 11.4. The van der Waals surface area contributed by atoms with Crippen LogP contribution in [0.5, 0.6) is 0 Å². The second-order valence-electron chi connectivity index (χ2n) is 7.69. The molecule has 4 rings (SSSR count). The maximum Gasteiger partial charge on any atom is 0.337 e. The maximum atomic E-state index is 12.1. The smallest absolute Gasteiger partial charge is 0.337 e. The summed E-state index contributed by atoms with van der Waals surface area (Å²) in [6.45, 7) is 4.30. The van der Waals surface area contributed by atoms with Crippen LogP contribution in [0, 0.1) is 0 Å². The van der Waals surface area contributed by atoms with Crippen LogP contribution in [0.1, 0.15) is 35.9 Å². The molecule has 3 aromatic heterocycles. The second kappa shape index (κ2) is 8.16. The van der Waals surface area contributed by atoms with Crippen LogP contribution in [0.2, 0.25) is 5.02 Å². The molecular formula is C22H23ClN6O3. The van der Waals surface area contributed by atoms with E-state index in [1.807, 2.05) is 30.0 Å². The number of rotatable bonds is 6. The first-order valence-corrected chi connectivity index (χ1v) is 10.4. The van der Waals surface area contributed by atoms with Crippen LogP contribution in [-0.2, 0) is 23.1 Å². The molecule has 1 amide bonds. The first kappa shape index (κ1) is 21.6. The highest BCUT2D eigenvalue weighted by atomic mass is 35.5. The van der Waals surface area contributed by atoms with Crippen LogP contribution in [0.3, 0.4) is 0 Å². The third-order valence-corrected chi connectivity index (χ3v) is 5.96. The first-order valence-electron chi connectivity index (χ1n) is 9.98. The number of ether oxygens (including phenoxy) is 1. The number of fused-ring (bicyclic) bond motifs is 2. The van der Waals surface area contributed by atoms with Crippen molar-refractivity contribution in [3.63, 3.8) is 0 Å². The highest BCUT2D eigenvalue weighted by Crippen LogP contribution is 2.44. The zero-order valence-electron chi connectivity index (χ0n) is 18.1. The minimum atomic E-state index is -0.435. The van der Waals surface area contributed by atoms with Gasteiger partial charge in [-0.1, -0.05) is 17.7 Å². The molecule has 0 saturated carbocycles. The molecule has 0 aliphatic rings. The first-order chi connectivity index (χ1) is 15.3. The number of hydrogen-bond donors (Lipinski definition) is 2. The third-order valence-electron chi connectivity index (χ3n) is 5.58. The third kappa shape index (κ3) is 3.16. The largest absolute Gasteiger partial charge is 0.465 e. The van der Waals surface area contributed by atoms with Gasteiger partial charge in [-0.3, -0.25) is 4.79 Å². The van der Waals surface area contributed by atoms with Crippen LogP contribution in [-0.4, -0.2) is 38.6 Å². The van der Waals surface area contributed by atoms with Gasteiger partial charge in [0.2, 0.25) is 6.41 Å². The zero-order valence-corrected chi connectivity index (χ0v) is 18.9. The number of methoxy groups -OCH3 is 1. The Morgan fingerprint density at radius 3 is 2.75 bits per heavy atom. The number of carbonyl (C=O) groups excluding carboxylic acids is 2. The number of halogens is 1. The van der Waals surface area contributed by atoms with Gasteiger partial charge >= 0.3 is 5.97 Å². The molecular weight excluding hydrogens is 432 g/mol. The Labute approximate surface area is 189 Å². The van der Waals surface area contributed by atoms with Gasteiger partial charge in [-0.15, -0.1) is 0 Å². The molecule has 0 unspecified atom stereocenters. The number of aromatic nitrogens is 4. The fourth-order valence-corrected chi connectivity index (χ4v) is 4.62. The molecule has 4 aromatic rings. The van der Waals surface area contributed by atoms with Gasteiger partial charge in [-0.2, -0.15) is 0 Å². The molecule has 32 heavy (non-hydrogen) atoms. The quantitative estimate of drug-likeness (QED) is 0.340.